The molecular formula is C19H23NO4. The number of rotatable bonds is 6. The van der Waals surface area contributed by atoms with Crippen molar-refractivity contribution in [2.24, 2.45) is 0 Å². The second-order valence-electron chi connectivity index (χ2n) is 5.56. The second kappa shape index (κ2) is 7.81. The van der Waals surface area contributed by atoms with Crippen molar-refractivity contribution in [3.8, 4) is 0 Å². The molecule has 0 amide bonds. The summed E-state index contributed by atoms with van der Waals surface area (Å²) >= 11 is 0. The summed E-state index contributed by atoms with van der Waals surface area (Å²) in [6.07, 6.45) is 2.53. The number of ether oxygens (including phenoxy) is 2. The van der Waals surface area contributed by atoms with Crippen molar-refractivity contribution < 1.29 is 19.1 Å². The third-order valence-electron chi connectivity index (χ3n) is 4.25. The van der Waals surface area contributed by atoms with Gasteiger partial charge in [-0.1, -0.05) is 37.3 Å². The van der Waals surface area contributed by atoms with Gasteiger partial charge < -0.3 is 14.0 Å². The molecule has 5 nitrogen and oxygen atoms in total. The molecule has 0 unspecified atom stereocenters. The Labute approximate surface area is 142 Å². The van der Waals surface area contributed by atoms with E-state index in [9.17, 15) is 9.59 Å². The van der Waals surface area contributed by atoms with E-state index in [1.165, 1.54) is 14.2 Å². The molecule has 5 heteroatoms. The van der Waals surface area contributed by atoms with Crippen molar-refractivity contribution in [2.75, 3.05) is 14.2 Å². The molecule has 0 spiro atoms. The van der Waals surface area contributed by atoms with Crippen LogP contribution in [0.3, 0.4) is 0 Å². The van der Waals surface area contributed by atoms with Crippen LogP contribution in [-0.4, -0.2) is 30.7 Å². The smallest absolute Gasteiger partial charge is 0.339 e. The predicted molar refractivity (Wildman–Crippen MR) is 91.1 cm³/mol. The van der Waals surface area contributed by atoms with Crippen LogP contribution in [-0.2, 0) is 27.1 Å². The molecule has 0 saturated carbocycles. The Balaban J connectivity index is 2.57. The SMILES string of the molecule is CCc1c(C(=O)OC)cn([C@@H](C)c2ccccc2)c1CC(=O)OC. The maximum absolute atomic E-state index is 12.1. The van der Waals surface area contributed by atoms with Gasteiger partial charge in [-0.25, -0.2) is 4.79 Å². The van der Waals surface area contributed by atoms with Crippen LogP contribution in [0.5, 0.6) is 0 Å². The molecule has 128 valence electrons. The Morgan fingerprint density at radius 1 is 1.12 bits per heavy atom. The summed E-state index contributed by atoms with van der Waals surface area (Å²) in [7, 11) is 2.72. The minimum absolute atomic E-state index is 0.0189. The fraction of sp³-hybridized carbons (Fsp3) is 0.368. The van der Waals surface area contributed by atoms with Crippen LogP contribution in [0.25, 0.3) is 0 Å². The molecule has 0 bridgehead atoms. The summed E-state index contributed by atoms with van der Waals surface area (Å²) in [6.45, 7) is 4.00. The molecule has 1 aromatic heterocycles. The van der Waals surface area contributed by atoms with Crippen molar-refractivity contribution in [1.82, 2.24) is 4.57 Å². The van der Waals surface area contributed by atoms with Crippen molar-refractivity contribution >= 4 is 11.9 Å². The standard InChI is InChI=1S/C19H23NO4/c1-5-15-16(19(22)24-4)12-20(17(15)11-18(21)23-3)13(2)14-9-7-6-8-10-14/h6-10,12-13H,5,11H2,1-4H3/t13-/m0/s1. The lowest BCUT2D eigenvalue weighted by molar-refractivity contribution is -0.139. The first-order valence-electron chi connectivity index (χ1n) is 7.96. The van der Waals surface area contributed by atoms with Crippen LogP contribution < -0.4 is 0 Å². The van der Waals surface area contributed by atoms with Crippen LogP contribution >= 0.6 is 0 Å². The quantitative estimate of drug-likeness (QED) is 0.764. The Kier molecular flexibility index (Phi) is 5.79. The van der Waals surface area contributed by atoms with Crippen molar-refractivity contribution in [1.29, 1.82) is 0 Å². The van der Waals surface area contributed by atoms with E-state index < -0.39 is 5.97 Å². The molecule has 1 heterocycles. The van der Waals surface area contributed by atoms with Gasteiger partial charge in [0.15, 0.2) is 0 Å². The van der Waals surface area contributed by atoms with E-state index in [-0.39, 0.29) is 18.4 Å². The first kappa shape index (κ1) is 17.8. The van der Waals surface area contributed by atoms with Gasteiger partial charge in [0.05, 0.1) is 32.2 Å². The Morgan fingerprint density at radius 2 is 1.79 bits per heavy atom. The molecule has 24 heavy (non-hydrogen) atoms. The lowest BCUT2D eigenvalue weighted by Crippen LogP contribution is -2.15. The molecule has 0 aliphatic carbocycles. The van der Waals surface area contributed by atoms with Crippen LogP contribution in [0.15, 0.2) is 36.5 Å². The molecular weight excluding hydrogens is 306 g/mol. The summed E-state index contributed by atoms with van der Waals surface area (Å²) < 4.78 is 11.7. The summed E-state index contributed by atoms with van der Waals surface area (Å²) in [5.74, 6) is -0.724. The lowest BCUT2D eigenvalue weighted by atomic mass is 10.1. The van der Waals surface area contributed by atoms with Crippen molar-refractivity contribution in [3.63, 3.8) is 0 Å². The molecule has 0 radical (unpaired) electrons. The highest BCUT2D eigenvalue weighted by Crippen LogP contribution is 2.27. The molecule has 0 aliphatic heterocycles. The third kappa shape index (κ3) is 3.50. The van der Waals surface area contributed by atoms with E-state index in [0.29, 0.717) is 12.0 Å². The number of esters is 2. The van der Waals surface area contributed by atoms with Gasteiger partial charge in [0.2, 0.25) is 0 Å². The van der Waals surface area contributed by atoms with E-state index in [1.54, 1.807) is 6.20 Å². The number of hydrogen-bond acceptors (Lipinski definition) is 4. The van der Waals surface area contributed by atoms with Crippen LogP contribution in [0.2, 0.25) is 0 Å². The molecule has 0 aliphatic rings. The number of methoxy groups -OCH3 is 2. The van der Waals surface area contributed by atoms with E-state index in [2.05, 4.69) is 0 Å². The van der Waals surface area contributed by atoms with Crippen molar-refractivity contribution in [3.05, 3.63) is 58.9 Å². The summed E-state index contributed by atoms with van der Waals surface area (Å²) in [6, 6.07) is 9.92. The minimum Gasteiger partial charge on any atom is -0.469 e. The average molecular weight is 329 g/mol. The highest BCUT2D eigenvalue weighted by Gasteiger charge is 2.24. The highest BCUT2D eigenvalue weighted by molar-refractivity contribution is 5.92. The highest BCUT2D eigenvalue weighted by atomic mass is 16.5. The Bertz CT molecular complexity index is 718. The molecule has 0 saturated heterocycles. The average Bonchev–Trinajstić information content (AvgIpc) is 2.99. The Morgan fingerprint density at radius 3 is 2.33 bits per heavy atom. The first-order chi connectivity index (χ1) is 11.5. The number of aromatic nitrogens is 1. The van der Waals surface area contributed by atoms with E-state index in [1.807, 2.05) is 48.7 Å². The van der Waals surface area contributed by atoms with Gasteiger partial charge in [0, 0.05) is 11.9 Å². The molecule has 2 aromatic rings. The summed E-state index contributed by atoms with van der Waals surface area (Å²) in [5, 5.41) is 0. The molecule has 0 N–H and O–H groups in total. The predicted octanol–water partition coefficient (Wildman–Crippen LogP) is 3.16. The van der Waals surface area contributed by atoms with E-state index in [0.717, 1.165) is 16.8 Å². The first-order valence-corrected chi connectivity index (χ1v) is 7.96. The molecule has 0 fully saturated rings. The Hall–Kier alpha value is -2.56. The van der Waals surface area contributed by atoms with Gasteiger partial charge in [-0.05, 0) is 24.5 Å². The maximum Gasteiger partial charge on any atom is 0.339 e. The summed E-state index contributed by atoms with van der Waals surface area (Å²) in [4.78, 5) is 24.0. The normalized spacial score (nSPS) is 11.8. The van der Waals surface area contributed by atoms with Crippen molar-refractivity contribution in [2.45, 2.75) is 32.7 Å². The monoisotopic (exact) mass is 329 g/mol. The van der Waals surface area contributed by atoms with Crippen LogP contribution in [0.1, 0.15) is 47.1 Å². The topological polar surface area (TPSA) is 57.5 Å². The minimum atomic E-state index is -0.392. The van der Waals surface area contributed by atoms with Gasteiger partial charge in [0.1, 0.15) is 0 Å². The zero-order valence-electron chi connectivity index (χ0n) is 14.5. The zero-order valence-corrected chi connectivity index (χ0v) is 14.5. The third-order valence-corrected chi connectivity index (χ3v) is 4.25. The van der Waals surface area contributed by atoms with E-state index in [4.69, 9.17) is 9.47 Å². The summed E-state index contributed by atoms with van der Waals surface area (Å²) in [5.41, 5.74) is 3.22. The van der Waals surface area contributed by atoms with Crippen LogP contribution in [0.4, 0.5) is 0 Å². The lowest BCUT2D eigenvalue weighted by Gasteiger charge is -2.18. The fourth-order valence-electron chi connectivity index (χ4n) is 2.93. The molecule has 2 rings (SSSR count). The largest absolute Gasteiger partial charge is 0.469 e. The molecule has 1 aromatic carbocycles. The zero-order chi connectivity index (χ0) is 17.7. The second-order valence-corrected chi connectivity index (χ2v) is 5.56. The number of carbonyl (C=O) groups excluding carboxylic acids is 2. The van der Waals surface area contributed by atoms with Gasteiger partial charge in [-0.3, -0.25) is 4.79 Å². The number of benzene rings is 1. The maximum atomic E-state index is 12.1. The van der Waals surface area contributed by atoms with Gasteiger partial charge in [-0.15, -0.1) is 0 Å². The number of nitrogens with zero attached hydrogens (tertiary/aromatic N) is 1. The van der Waals surface area contributed by atoms with E-state index >= 15 is 0 Å². The van der Waals surface area contributed by atoms with Gasteiger partial charge in [0.25, 0.3) is 0 Å². The van der Waals surface area contributed by atoms with Crippen LogP contribution in [0, 0.1) is 0 Å². The van der Waals surface area contributed by atoms with Gasteiger partial charge in [-0.2, -0.15) is 0 Å². The van der Waals surface area contributed by atoms with Gasteiger partial charge >= 0.3 is 11.9 Å². The molecule has 1 atom stereocenters. The number of carbonyl (C=O) groups is 2. The fourth-order valence-corrected chi connectivity index (χ4v) is 2.93. The number of hydrogen-bond donors (Lipinski definition) is 0.